The van der Waals surface area contributed by atoms with Gasteiger partial charge in [0, 0.05) is 11.6 Å². The van der Waals surface area contributed by atoms with Crippen LogP contribution in [-0.2, 0) is 11.2 Å². The summed E-state index contributed by atoms with van der Waals surface area (Å²) in [6.07, 6.45) is -4.42. The standard InChI is InChI=1S/C20H17F3O4/c1-2-3-12-4-7-14(8-5-12)26-15-9-6-13-10-16(19(24)25)18(20(21,22)23)27-17(13)11-15/h4-11,18H,2-3H2,1H3,(H,24,25). The van der Waals surface area contributed by atoms with Gasteiger partial charge in [-0.3, -0.25) is 0 Å². The lowest BCUT2D eigenvalue weighted by atomic mass is 10.0. The number of aryl methyl sites for hydroxylation is 1. The van der Waals surface area contributed by atoms with Crippen LogP contribution in [0.25, 0.3) is 6.08 Å². The third-order valence-corrected chi connectivity index (χ3v) is 4.07. The molecule has 3 rings (SSSR count). The first kappa shape index (κ1) is 18.8. The number of fused-ring (bicyclic) bond motifs is 1. The third-order valence-electron chi connectivity index (χ3n) is 4.07. The van der Waals surface area contributed by atoms with Gasteiger partial charge >= 0.3 is 12.1 Å². The minimum absolute atomic E-state index is 0.0811. The highest BCUT2D eigenvalue weighted by atomic mass is 19.4. The monoisotopic (exact) mass is 378 g/mol. The Morgan fingerprint density at radius 2 is 1.81 bits per heavy atom. The highest BCUT2D eigenvalue weighted by Crippen LogP contribution is 2.39. The van der Waals surface area contributed by atoms with Gasteiger partial charge in [0.05, 0.1) is 5.57 Å². The van der Waals surface area contributed by atoms with Crippen molar-refractivity contribution < 1.29 is 32.5 Å². The van der Waals surface area contributed by atoms with Crippen molar-refractivity contribution >= 4 is 12.0 Å². The highest BCUT2D eigenvalue weighted by Gasteiger charge is 2.48. The highest BCUT2D eigenvalue weighted by molar-refractivity contribution is 5.95. The van der Waals surface area contributed by atoms with Gasteiger partial charge in [-0.2, -0.15) is 13.2 Å². The lowest BCUT2D eigenvalue weighted by Crippen LogP contribution is -2.40. The number of hydrogen-bond donors (Lipinski definition) is 1. The molecule has 7 heteroatoms. The van der Waals surface area contributed by atoms with Gasteiger partial charge in [0.2, 0.25) is 6.10 Å². The topological polar surface area (TPSA) is 55.8 Å². The van der Waals surface area contributed by atoms with Crippen LogP contribution in [0.15, 0.2) is 48.0 Å². The Balaban J connectivity index is 1.86. The summed E-state index contributed by atoms with van der Waals surface area (Å²) in [5.41, 5.74) is 0.562. The second-order valence-electron chi connectivity index (χ2n) is 6.14. The average molecular weight is 378 g/mol. The second-order valence-corrected chi connectivity index (χ2v) is 6.14. The van der Waals surface area contributed by atoms with Gasteiger partial charge in [0.25, 0.3) is 0 Å². The molecule has 0 radical (unpaired) electrons. The van der Waals surface area contributed by atoms with Crippen LogP contribution in [0, 0.1) is 0 Å². The summed E-state index contributed by atoms with van der Waals surface area (Å²) in [5.74, 6) is -0.914. The molecule has 0 saturated heterocycles. The molecule has 0 bridgehead atoms. The van der Waals surface area contributed by atoms with Crippen LogP contribution in [0.1, 0.15) is 24.5 Å². The number of alkyl halides is 3. The molecule has 0 fully saturated rings. The predicted molar refractivity (Wildman–Crippen MR) is 93.0 cm³/mol. The molecule has 1 atom stereocenters. The van der Waals surface area contributed by atoms with E-state index >= 15 is 0 Å². The normalized spacial score (nSPS) is 16.1. The third kappa shape index (κ3) is 4.24. The molecule has 1 aliphatic heterocycles. The summed E-state index contributed by atoms with van der Waals surface area (Å²) in [7, 11) is 0. The number of benzene rings is 2. The fraction of sp³-hybridized carbons (Fsp3) is 0.250. The van der Waals surface area contributed by atoms with Crippen molar-refractivity contribution in [1.29, 1.82) is 0 Å². The zero-order valence-electron chi connectivity index (χ0n) is 14.4. The van der Waals surface area contributed by atoms with Gasteiger partial charge in [0.1, 0.15) is 17.2 Å². The van der Waals surface area contributed by atoms with E-state index in [4.69, 9.17) is 14.6 Å². The van der Waals surface area contributed by atoms with Gasteiger partial charge in [0.15, 0.2) is 0 Å². The van der Waals surface area contributed by atoms with Gasteiger partial charge in [-0.1, -0.05) is 25.5 Å². The molecule has 142 valence electrons. The van der Waals surface area contributed by atoms with Crippen molar-refractivity contribution in [1.82, 2.24) is 0 Å². The van der Waals surface area contributed by atoms with Crippen LogP contribution in [0.4, 0.5) is 13.2 Å². The van der Waals surface area contributed by atoms with E-state index in [2.05, 4.69) is 6.92 Å². The number of halogens is 3. The van der Waals surface area contributed by atoms with E-state index in [0.717, 1.165) is 24.5 Å². The summed E-state index contributed by atoms with van der Waals surface area (Å²) in [6.45, 7) is 2.08. The Kier molecular flexibility index (Phi) is 5.12. The number of carbonyl (C=O) groups is 1. The molecule has 0 amide bonds. The number of rotatable bonds is 5. The summed E-state index contributed by atoms with van der Waals surface area (Å²) in [4.78, 5) is 11.1. The maximum atomic E-state index is 13.1. The maximum absolute atomic E-state index is 13.1. The van der Waals surface area contributed by atoms with Crippen molar-refractivity contribution in [2.45, 2.75) is 32.0 Å². The van der Waals surface area contributed by atoms with Crippen LogP contribution < -0.4 is 9.47 Å². The lowest BCUT2D eigenvalue weighted by molar-refractivity contribution is -0.187. The molecule has 4 nitrogen and oxygen atoms in total. The largest absolute Gasteiger partial charge is 0.478 e. The number of ether oxygens (including phenoxy) is 2. The van der Waals surface area contributed by atoms with Crippen LogP contribution in [-0.4, -0.2) is 23.4 Å². The van der Waals surface area contributed by atoms with Crippen LogP contribution in [0.2, 0.25) is 0 Å². The van der Waals surface area contributed by atoms with Crippen LogP contribution >= 0.6 is 0 Å². The first-order valence-corrected chi connectivity index (χ1v) is 8.37. The first-order chi connectivity index (χ1) is 12.8. The predicted octanol–water partition coefficient (Wildman–Crippen LogP) is 5.22. The molecule has 1 N–H and O–H groups in total. The Morgan fingerprint density at radius 3 is 2.41 bits per heavy atom. The van der Waals surface area contributed by atoms with E-state index in [0.29, 0.717) is 11.5 Å². The smallest absolute Gasteiger partial charge is 0.430 e. The van der Waals surface area contributed by atoms with Gasteiger partial charge in [-0.15, -0.1) is 0 Å². The first-order valence-electron chi connectivity index (χ1n) is 8.37. The van der Waals surface area contributed by atoms with E-state index in [1.54, 1.807) is 18.2 Å². The Labute approximate surface area is 153 Å². The second kappa shape index (κ2) is 7.34. The summed E-state index contributed by atoms with van der Waals surface area (Å²) in [5, 5.41) is 9.03. The molecule has 2 aromatic rings. The quantitative estimate of drug-likeness (QED) is 0.775. The van der Waals surface area contributed by atoms with Crippen molar-refractivity contribution in [3.63, 3.8) is 0 Å². The molecule has 0 aliphatic carbocycles. The molecule has 27 heavy (non-hydrogen) atoms. The zero-order valence-corrected chi connectivity index (χ0v) is 14.4. The number of aliphatic carboxylic acids is 1. The minimum atomic E-state index is -4.84. The fourth-order valence-electron chi connectivity index (χ4n) is 2.80. The Hall–Kier alpha value is -2.96. The maximum Gasteiger partial charge on any atom is 0.430 e. The molecule has 2 aromatic carbocycles. The molecule has 1 heterocycles. The molecular formula is C20H17F3O4. The number of carboxylic acids is 1. The SMILES string of the molecule is CCCc1ccc(Oc2ccc3c(c2)OC(C(F)(F)F)C(C(=O)O)=C3)cc1. The summed E-state index contributed by atoms with van der Waals surface area (Å²) >= 11 is 0. The molecule has 0 saturated carbocycles. The van der Waals surface area contributed by atoms with Gasteiger partial charge in [-0.05, 0) is 42.3 Å². The van der Waals surface area contributed by atoms with Crippen LogP contribution in [0.5, 0.6) is 17.2 Å². The van der Waals surface area contributed by atoms with E-state index in [1.165, 1.54) is 12.1 Å². The lowest BCUT2D eigenvalue weighted by Gasteiger charge is -2.27. The molecule has 1 aliphatic rings. The molecule has 1 unspecified atom stereocenters. The van der Waals surface area contributed by atoms with Gasteiger partial charge in [-0.25, -0.2) is 4.79 Å². The van der Waals surface area contributed by atoms with Crippen molar-refractivity contribution in [3.05, 3.63) is 59.2 Å². The van der Waals surface area contributed by atoms with Crippen molar-refractivity contribution in [2.24, 2.45) is 0 Å². The van der Waals surface area contributed by atoms with E-state index in [9.17, 15) is 18.0 Å². The molecule has 0 aromatic heterocycles. The van der Waals surface area contributed by atoms with E-state index in [1.807, 2.05) is 12.1 Å². The number of hydrogen-bond acceptors (Lipinski definition) is 3. The van der Waals surface area contributed by atoms with Crippen molar-refractivity contribution in [2.75, 3.05) is 0 Å². The number of carboxylic acid groups (broad SMARTS) is 1. The minimum Gasteiger partial charge on any atom is -0.478 e. The average Bonchev–Trinajstić information content (AvgIpc) is 2.61. The Bertz CT molecular complexity index is 870. The Morgan fingerprint density at radius 1 is 1.15 bits per heavy atom. The summed E-state index contributed by atoms with van der Waals surface area (Å²) < 4.78 is 50.0. The summed E-state index contributed by atoms with van der Waals surface area (Å²) in [6, 6.07) is 11.8. The van der Waals surface area contributed by atoms with E-state index in [-0.39, 0.29) is 11.3 Å². The van der Waals surface area contributed by atoms with Gasteiger partial charge < -0.3 is 14.6 Å². The van der Waals surface area contributed by atoms with Crippen molar-refractivity contribution in [3.8, 4) is 17.2 Å². The molecular weight excluding hydrogens is 361 g/mol. The van der Waals surface area contributed by atoms with Crippen LogP contribution in [0.3, 0.4) is 0 Å². The zero-order chi connectivity index (χ0) is 19.6. The fourth-order valence-corrected chi connectivity index (χ4v) is 2.80. The van der Waals surface area contributed by atoms with E-state index < -0.39 is 23.8 Å². The molecule has 0 spiro atoms.